The molecule has 2 aliphatic rings. The number of amides is 1. The molecule has 0 saturated heterocycles. The van der Waals surface area contributed by atoms with Crippen LogP contribution in [0.25, 0.3) is 0 Å². The number of allylic oxidation sites excluding steroid dienone is 2. The molecule has 0 radical (unpaired) electrons. The van der Waals surface area contributed by atoms with Gasteiger partial charge in [-0.05, 0) is 42.5 Å². The second kappa shape index (κ2) is 7.69. The van der Waals surface area contributed by atoms with Gasteiger partial charge in [-0.2, -0.15) is 0 Å². The molecule has 4 rings (SSSR count). The van der Waals surface area contributed by atoms with Gasteiger partial charge in [0, 0.05) is 23.0 Å². The lowest BCUT2D eigenvalue weighted by molar-refractivity contribution is 0.0954. The maximum absolute atomic E-state index is 12.7. The number of phenols is 1. The zero-order valence-electron chi connectivity index (χ0n) is 15.5. The van der Waals surface area contributed by atoms with Crippen molar-refractivity contribution in [1.82, 2.24) is 5.32 Å². The molecule has 1 amide bonds. The van der Waals surface area contributed by atoms with Crippen LogP contribution < -0.4 is 10.6 Å². The Morgan fingerprint density at radius 1 is 1.29 bits per heavy atom. The van der Waals surface area contributed by atoms with Crippen LogP contribution in [-0.4, -0.2) is 17.6 Å². The molecule has 2 aromatic carbocycles. The molecular weight excluding hydrogens is 395 g/mol. The lowest BCUT2D eigenvalue weighted by Gasteiger charge is -2.38. The van der Waals surface area contributed by atoms with Crippen LogP contribution in [0.15, 0.2) is 42.5 Å². The lowest BCUT2D eigenvalue weighted by atomic mass is 9.76. The molecular formula is C22H22Cl2N2O2. The number of hydrogen-bond acceptors (Lipinski definition) is 3. The van der Waals surface area contributed by atoms with Crippen molar-refractivity contribution in [3.05, 3.63) is 69.2 Å². The maximum atomic E-state index is 12.7. The van der Waals surface area contributed by atoms with Gasteiger partial charge in [0.05, 0.1) is 22.3 Å². The van der Waals surface area contributed by atoms with Crippen molar-refractivity contribution in [1.29, 1.82) is 0 Å². The third-order valence-corrected chi connectivity index (χ3v) is 6.08. The molecule has 3 N–H and O–H groups in total. The Kier molecular flexibility index (Phi) is 5.26. The lowest BCUT2D eigenvalue weighted by Crippen LogP contribution is -2.32. The van der Waals surface area contributed by atoms with E-state index in [9.17, 15) is 9.90 Å². The van der Waals surface area contributed by atoms with Crippen LogP contribution in [-0.2, 0) is 0 Å². The van der Waals surface area contributed by atoms with Crippen molar-refractivity contribution in [3.8, 4) is 5.75 Å². The Morgan fingerprint density at radius 3 is 2.89 bits per heavy atom. The van der Waals surface area contributed by atoms with Gasteiger partial charge in [0.1, 0.15) is 5.75 Å². The molecule has 3 atom stereocenters. The van der Waals surface area contributed by atoms with Crippen LogP contribution in [0.4, 0.5) is 5.69 Å². The molecule has 2 aromatic rings. The number of nitrogens with one attached hydrogen (secondary N) is 2. The molecule has 28 heavy (non-hydrogen) atoms. The summed E-state index contributed by atoms with van der Waals surface area (Å²) in [4.78, 5) is 12.7. The zero-order chi connectivity index (χ0) is 19.8. The van der Waals surface area contributed by atoms with Crippen molar-refractivity contribution in [2.24, 2.45) is 5.92 Å². The Morgan fingerprint density at radius 2 is 2.11 bits per heavy atom. The summed E-state index contributed by atoms with van der Waals surface area (Å²) >= 11 is 12.4. The van der Waals surface area contributed by atoms with Gasteiger partial charge in [-0.25, -0.2) is 0 Å². The summed E-state index contributed by atoms with van der Waals surface area (Å²) in [5, 5.41) is 17.8. The van der Waals surface area contributed by atoms with Gasteiger partial charge in [0.15, 0.2) is 0 Å². The van der Waals surface area contributed by atoms with Gasteiger partial charge in [0.25, 0.3) is 5.91 Å². The van der Waals surface area contributed by atoms with Gasteiger partial charge in [-0.15, -0.1) is 0 Å². The van der Waals surface area contributed by atoms with E-state index in [1.807, 2.05) is 19.1 Å². The molecule has 0 spiro atoms. The Bertz CT molecular complexity index is 958. The van der Waals surface area contributed by atoms with Crippen molar-refractivity contribution in [2.75, 3.05) is 11.9 Å². The van der Waals surface area contributed by atoms with Crippen LogP contribution >= 0.6 is 23.2 Å². The van der Waals surface area contributed by atoms with Crippen LogP contribution in [0.5, 0.6) is 5.75 Å². The number of halogens is 2. The Balaban J connectivity index is 1.81. The zero-order valence-corrected chi connectivity index (χ0v) is 17.0. The van der Waals surface area contributed by atoms with E-state index >= 15 is 0 Å². The molecule has 0 bridgehead atoms. The Hall–Kier alpha value is -2.17. The molecule has 146 valence electrons. The van der Waals surface area contributed by atoms with E-state index in [0.717, 1.165) is 24.1 Å². The van der Waals surface area contributed by atoms with E-state index in [4.69, 9.17) is 23.2 Å². The van der Waals surface area contributed by atoms with Crippen molar-refractivity contribution < 1.29 is 9.90 Å². The van der Waals surface area contributed by atoms with E-state index < -0.39 is 0 Å². The first-order valence-corrected chi connectivity index (χ1v) is 10.3. The summed E-state index contributed by atoms with van der Waals surface area (Å²) in [7, 11) is 0. The van der Waals surface area contributed by atoms with E-state index in [0.29, 0.717) is 22.7 Å². The first-order chi connectivity index (χ1) is 13.5. The summed E-state index contributed by atoms with van der Waals surface area (Å²) in [6.45, 7) is 2.65. The number of carbonyl (C=O) groups excluding carboxylic acids is 1. The molecule has 4 nitrogen and oxygen atoms in total. The van der Waals surface area contributed by atoms with E-state index in [-0.39, 0.29) is 34.6 Å². The fourth-order valence-electron chi connectivity index (χ4n) is 4.28. The molecule has 0 aromatic heterocycles. The van der Waals surface area contributed by atoms with Crippen LogP contribution in [0, 0.1) is 5.92 Å². The van der Waals surface area contributed by atoms with Crippen molar-refractivity contribution in [2.45, 2.75) is 31.7 Å². The fraction of sp³-hybridized carbons (Fsp3) is 0.318. The minimum absolute atomic E-state index is 0.0329. The minimum Gasteiger partial charge on any atom is -0.506 e. The predicted molar refractivity (Wildman–Crippen MR) is 114 cm³/mol. The number of hydrogen-bond donors (Lipinski definition) is 3. The van der Waals surface area contributed by atoms with E-state index in [2.05, 4.69) is 28.9 Å². The number of para-hydroxylation sites is 1. The molecule has 6 heteroatoms. The summed E-state index contributed by atoms with van der Waals surface area (Å²) in [5.74, 6) is 0.309. The number of benzene rings is 2. The summed E-state index contributed by atoms with van der Waals surface area (Å²) < 4.78 is 0. The normalized spacial score (nSPS) is 22.3. The van der Waals surface area contributed by atoms with Crippen molar-refractivity contribution >= 4 is 34.8 Å². The monoisotopic (exact) mass is 416 g/mol. The standard InChI is InChI=1S/C22H22Cl2N2O2/c1-2-9-25-22(28)16-8-4-7-14-13-5-3-6-15(13)20(26-19(14)16)17-10-12(23)11-18(24)21(17)27/h3-5,7-8,10-11,13,15,20,26-27H,2,6,9H2,1H3,(H,25,28). The molecule has 1 aliphatic heterocycles. The summed E-state index contributed by atoms with van der Waals surface area (Å²) in [6.07, 6.45) is 6.09. The summed E-state index contributed by atoms with van der Waals surface area (Å²) in [6, 6.07) is 8.90. The van der Waals surface area contributed by atoms with Crippen LogP contribution in [0.3, 0.4) is 0 Å². The third kappa shape index (κ3) is 3.25. The highest BCUT2D eigenvalue weighted by atomic mass is 35.5. The van der Waals surface area contributed by atoms with E-state index in [1.54, 1.807) is 6.07 Å². The van der Waals surface area contributed by atoms with Gasteiger partial charge < -0.3 is 15.7 Å². The second-order valence-corrected chi connectivity index (χ2v) is 8.17. The predicted octanol–water partition coefficient (Wildman–Crippen LogP) is 5.67. The average molecular weight is 417 g/mol. The number of fused-ring (bicyclic) bond motifs is 3. The number of aromatic hydroxyl groups is 1. The minimum atomic E-state index is -0.205. The maximum Gasteiger partial charge on any atom is 0.253 e. The number of carbonyl (C=O) groups is 1. The molecule has 0 saturated carbocycles. The van der Waals surface area contributed by atoms with Crippen LogP contribution in [0.1, 0.15) is 53.2 Å². The van der Waals surface area contributed by atoms with Gasteiger partial charge >= 0.3 is 0 Å². The SMILES string of the molecule is CCCNC(=O)c1cccc2c1NC(c1cc(Cl)cc(Cl)c1O)C1CC=CC21. The van der Waals surface area contributed by atoms with Crippen LogP contribution in [0.2, 0.25) is 10.0 Å². The van der Waals surface area contributed by atoms with E-state index in [1.165, 1.54) is 6.07 Å². The fourth-order valence-corrected chi connectivity index (χ4v) is 4.78. The van der Waals surface area contributed by atoms with Gasteiger partial charge in [-0.3, -0.25) is 4.79 Å². The van der Waals surface area contributed by atoms with Gasteiger partial charge in [0.2, 0.25) is 0 Å². The smallest absolute Gasteiger partial charge is 0.253 e. The average Bonchev–Trinajstić information content (AvgIpc) is 3.18. The Labute approximate surface area is 174 Å². The quantitative estimate of drug-likeness (QED) is 0.562. The molecule has 0 fully saturated rings. The van der Waals surface area contributed by atoms with Crippen molar-refractivity contribution in [3.63, 3.8) is 0 Å². The molecule has 3 unspecified atom stereocenters. The van der Waals surface area contributed by atoms with Gasteiger partial charge in [-0.1, -0.05) is 54.4 Å². The number of anilines is 1. The second-order valence-electron chi connectivity index (χ2n) is 7.33. The first-order valence-electron chi connectivity index (χ1n) is 9.53. The highest BCUT2D eigenvalue weighted by molar-refractivity contribution is 6.35. The third-order valence-electron chi connectivity index (χ3n) is 5.57. The molecule has 1 aliphatic carbocycles. The topological polar surface area (TPSA) is 61.4 Å². The summed E-state index contributed by atoms with van der Waals surface area (Å²) in [5.41, 5.74) is 3.18. The highest BCUT2D eigenvalue weighted by Crippen LogP contribution is 2.52. The molecule has 1 heterocycles. The highest BCUT2D eigenvalue weighted by Gasteiger charge is 2.40. The first kappa shape index (κ1) is 19.2. The largest absolute Gasteiger partial charge is 0.506 e. The number of rotatable bonds is 4. The number of phenolic OH excluding ortho intramolecular Hbond substituents is 1.